The normalized spacial score (nSPS) is 13.1. The molecule has 0 fully saturated rings. The zero-order valence-corrected chi connectivity index (χ0v) is 9.03. The molecule has 1 aromatic rings. The molecule has 0 aromatic carbocycles. The van der Waals surface area contributed by atoms with Crippen molar-refractivity contribution in [1.29, 1.82) is 0 Å². The standard InChI is InChI=1S/C9H14ClN3O/c1-6(2)8(9(11)14)13-5-12-4-7(13)3-10/h4-6,8H,3H2,1-2H3,(H2,11,14). The summed E-state index contributed by atoms with van der Waals surface area (Å²) < 4.78 is 1.74. The maximum absolute atomic E-state index is 11.2. The molecule has 0 spiro atoms. The summed E-state index contributed by atoms with van der Waals surface area (Å²) in [5.41, 5.74) is 6.13. The lowest BCUT2D eigenvalue weighted by atomic mass is 10.0. The molecule has 1 heterocycles. The molecular formula is C9H14ClN3O. The number of primary amides is 1. The summed E-state index contributed by atoms with van der Waals surface area (Å²) in [5.74, 6) is 0.101. The predicted molar refractivity (Wildman–Crippen MR) is 54.9 cm³/mol. The van der Waals surface area contributed by atoms with E-state index in [1.807, 2.05) is 13.8 Å². The van der Waals surface area contributed by atoms with Crippen LogP contribution >= 0.6 is 11.6 Å². The molecule has 1 unspecified atom stereocenters. The largest absolute Gasteiger partial charge is 0.368 e. The number of aromatic nitrogens is 2. The minimum absolute atomic E-state index is 0.128. The average Bonchev–Trinajstić information content (AvgIpc) is 2.51. The van der Waals surface area contributed by atoms with E-state index in [-0.39, 0.29) is 17.9 Å². The minimum atomic E-state index is -0.369. The van der Waals surface area contributed by atoms with Gasteiger partial charge in [0.2, 0.25) is 5.91 Å². The van der Waals surface area contributed by atoms with Crippen molar-refractivity contribution < 1.29 is 4.79 Å². The number of hydrogen-bond donors (Lipinski definition) is 1. The van der Waals surface area contributed by atoms with Gasteiger partial charge in [0.15, 0.2) is 0 Å². The maximum Gasteiger partial charge on any atom is 0.240 e. The Balaban J connectivity index is 3.04. The SMILES string of the molecule is CC(C)C(C(N)=O)n1cncc1CCl. The van der Waals surface area contributed by atoms with Crippen LogP contribution in [0.3, 0.4) is 0 Å². The molecule has 0 saturated carbocycles. The molecule has 4 nitrogen and oxygen atoms in total. The summed E-state index contributed by atoms with van der Waals surface area (Å²) >= 11 is 5.71. The highest BCUT2D eigenvalue weighted by Gasteiger charge is 2.22. The van der Waals surface area contributed by atoms with Crippen LogP contribution in [0, 0.1) is 5.92 Å². The van der Waals surface area contributed by atoms with Crippen molar-refractivity contribution in [2.45, 2.75) is 25.8 Å². The lowest BCUT2D eigenvalue weighted by molar-refractivity contribution is -0.122. The molecule has 0 radical (unpaired) electrons. The molecule has 1 amide bonds. The number of hydrogen-bond acceptors (Lipinski definition) is 2. The van der Waals surface area contributed by atoms with Gasteiger partial charge in [0, 0.05) is 6.20 Å². The molecule has 2 N–H and O–H groups in total. The van der Waals surface area contributed by atoms with Gasteiger partial charge in [-0.05, 0) is 5.92 Å². The van der Waals surface area contributed by atoms with Gasteiger partial charge in [-0.15, -0.1) is 11.6 Å². The first-order chi connectivity index (χ1) is 6.57. The Morgan fingerprint density at radius 3 is 2.79 bits per heavy atom. The van der Waals surface area contributed by atoms with Gasteiger partial charge in [-0.25, -0.2) is 4.98 Å². The summed E-state index contributed by atoms with van der Waals surface area (Å²) in [6.45, 7) is 3.88. The highest BCUT2D eigenvalue weighted by atomic mass is 35.5. The molecule has 0 saturated heterocycles. The van der Waals surface area contributed by atoms with Crippen LogP contribution in [-0.4, -0.2) is 15.5 Å². The zero-order valence-electron chi connectivity index (χ0n) is 8.27. The summed E-state index contributed by atoms with van der Waals surface area (Å²) in [7, 11) is 0. The number of carbonyl (C=O) groups excluding carboxylic acids is 1. The fraction of sp³-hybridized carbons (Fsp3) is 0.556. The first-order valence-corrected chi connectivity index (χ1v) is 4.97. The summed E-state index contributed by atoms with van der Waals surface area (Å²) in [6, 6.07) is -0.369. The summed E-state index contributed by atoms with van der Waals surface area (Å²) in [4.78, 5) is 15.2. The fourth-order valence-corrected chi connectivity index (χ4v) is 1.68. The zero-order chi connectivity index (χ0) is 10.7. The second-order valence-electron chi connectivity index (χ2n) is 3.52. The first kappa shape index (κ1) is 11.0. The van der Waals surface area contributed by atoms with Crippen LogP contribution in [0.4, 0.5) is 0 Å². The van der Waals surface area contributed by atoms with Crippen molar-refractivity contribution >= 4 is 17.5 Å². The average molecular weight is 216 g/mol. The van der Waals surface area contributed by atoms with E-state index in [0.717, 1.165) is 5.69 Å². The van der Waals surface area contributed by atoms with Gasteiger partial charge in [0.05, 0.1) is 17.9 Å². The molecule has 14 heavy (non-hydrogen) atoms. The number of halogens is 1. The van der Waals surface area contributed by atoms with Crippen molar-refractivity contribution in [2.75, 3.05) is 0 Å². The molecule has 0 aliphatic heterocycles. The van der Waals surface area contributed by atoms with Crippen LogP contribution < -0.4 is 5.73 Å². The predicted octanol–water partition coefficient (Wildman–Crippen LogP) is 1.30. The van der Waals surface area contributed by atoms with Gasteiger partial charge in [-0.1, -0.05) is 13.8 Å². The van der Waals surface area contributed by atoms with Crippen molar-refractivity contribution in [2.24, 2.45) is 11.7 Å². The number of rotatable bonds is 4. The molecule has 1 aromatic heterocycles. The molecule has 1 atom stereocenters. The Hall–Kier alpha value is -1.03. The third kappa shape index (κ3) is 2.07. The third-order valence-electron chi connectivity index (χ3n) is 2.11. The highest BCUT2D eigenvalue weighted by molar-refractivity contribution is 6.16. The van der Waals surface area contributed by atoms with Gasteiger partial charge in [-0.2, -0.15) is 0 Å². The number of imidazole rings is 1. The van der Waals surface area contributed by atoms with E-state index >= 15 is 0 Å². The second kappa shape index (κ2) is 4.46. The monoisotopic (exact) mass is 215 g/mol. The smallest absolute Gasteiger partial charge is 0.240 e. The van der Waals surface area contributed by atoms with Gasteiger partial charge in [-0.3, -0.25) is 4.79 Å². The van der Waals surface area contributed by atoms with Gasteiger partial charge in [0.25, 0.3) is 0 Å². The topological polar surface area (TPSA) is 60.9 Å². The summed E-state index contributed by atoms with van der Waals surface area (Å²) in [5, 5.41) is 0. The Labute approximate surface area is 88.1 Å². The van der Waals surface area contributed by atoms with Crippen LogP contribution in [0.25, 0.3) is 0 Å². The van der Waals surface area contributed by atoms with E-state index in [1.54, 1.807) is 17.1 Å². The van der Waals surface area contributed by atoms with E-state index in [2.05, 4.69) is 4.98 Å². The fourth-order valence-electron chi connectivity index (χ4n) is 1.47. The number of amides is 1. The second-order valence-corrected chi connectivity index (χ2v) is 3.78. The number of nitrogens with zero attached hydrogens (tertiary/aromatic N) is 2. The molecule has 1 rings (SSSR count). The Morgan fingerprint density at radius 2 is 2.36 bits per heavy atom. The van der Waals surface area contributed by atoms with E-state index in [0.29, 0.717) is 5.88 Å². The first-order valence-electron chi connectivity index (χ1n) is 4.44. The Bertz CT molecular complexity index is 322. The van der Waals surface area contributed by atoms with E-state index in [4.69, 9.17) is 17.3 Å². The quantitative estimate of drug-likeness (QED) is 0.770. The summed E-state index contributed by atoms with van der Waals surface area (Å²) in [6.07, 6.45) is 3.23. The molecular weight excluding hydrogens is 202 g/mol. The molecule has 0 aliphatic carbocycles. The van der Waals surface area contributed by atoms with Crippen LogP contribution in [0.15, 0.2) is 12.5 Å². The van der Waals surface area contributed by atoms with Crippen LogP contribution in [0.5, 0.6) is 0 Å². The molecule has 78 valence electrons. The number of carbonyl (C=O) groups is 1. The van der Waals surface area contributed by atoms with E-state index in [9.17, 15) is 4.79 Å². The lowest BCUT2D eigenvalue weighted by Crippen LogP contribution is -2.30. The Morgan fingerprint density at radius 1 is 1.71 bits per heavy atom. The van der Waals surface area contributed by atoms with Crippen LogP contribution in [0.1, 0.15) is 25.6 Å². The maximum atomic E-state index is 11.2. The van der Waals surface area contributed by atoms with Gasteiger partial charge < -0.3 is 10.3 Å². The van der Waals surface area contributed by atoms with Crippen LogP contribution in [-0.2, 0) is 10.7 Å². The minimum Gasteiger partial charge on any atom is -0.368 e. The van der Waals surface area contributed by atoms with Crippen molar-refractivity contribution in [3.05, 3.63) is 18.2 Å². The van der Waals surface area contributed by atoms with Gasteiger partial charge in [0.1, 0.15) is 6.04 Å². The van der Waals surface area contributed by atoms with E-state index < -0.39 is 0 Å². The number of nitrogens with two attached hydrogens (primary N) is 1. The lowest BCUT2D eigenvalue weighted by Gasteiger charge is -2.20. The van der Waals surface area contributed by atoms with Crippen LogP contribution in [0.2, 0.25) is 0 Å². The van der Waals surface area contributed by atoms with E-state index in [1.165, 1.54) is 0 Å². The molecule has 0 aliphatic rings. The van der Waals surface area contributed by atoms with Crippen molar-refractivity contribution in [3.63, 3.8) is 0 Å². The van der Waals surface area contributed by atoms with Crippen molar-refractivity contribution in [3.8, 4) is 0 Å². The third-order valence-corrected chi connectivity index (χ3v) is 2.38. The Kier molecular flexibility index (Phi) is 3.52. The molecule has 0 bridgehead atoms. The van der Waals surface area contributed by atoms with Crippen molar-refractivity contribution in [1.82, 2.24) is 9.55 Å². The molecule has 5 heteroatoms. The number of alkyl halides is 1. The van der Waals surface area contributed by atoms with Gasteiger partial charge >= 0.3 is 0 Å². The highest BCUT2D eigenvalue weighted by Crippen LogP contribution is 2.19.